The molecule has 102 heavy (non-hydrogen) atoms. The van der Waals surface area contributed by atoms with Crippen LogP contribution in [0, 0.1) is 22.7 Å². The van der Waals surface area contributed by atoms with E-state index in [0.29, 0.717) is 59.0 Å². The third-order valence-electron chi connectivity index (χ3n) is 17.6. The van der Waals surface area contributed by atoms with Gasteiger partial charge < -0.3 is 70.6 Å². The Bertz CT molecular complexity index is 3550. The number of nitrogens with one attached hydrogen (secondary N) is 4. The molecule has 0 radical (unpaired) electrons. The summed E-state index contributed by atoms with van der Waals surface area (Å²) in [6.45, 7) is -2.01. The number of carboxylic acids is 3. The second-order valence-corrected chi connectivity index (χ2v) is 25.1. The van der Waals surface area contributed by atoms with Crippen LogP contribution in [0.25, 0.3) is 21.8 Å². The van der Waals surface area contributed by atoms with E-state index in [-0.39, 0.29) is 161 Å². The van der Waals surface area contributed by atoms with Gasteiger partial charge in [-0.25, -0.2) is 27.2 Å². The largest absolute Gasteiger partial charge is 0.494 e. The average molecular weight is 1430 g/mol. The summed E-state index contributed by atoms with van der Waals surface area (Å²) in [4.78, 5) is 152. The lowest BCUT2D eigenvalue weighted by Crippen LogP contribution is -2.51. The van der Waals surface area contributed by atoms with Crippen LogP contribution >= 0.6 is 0 Å². The van der Waals surface area contributed by atoms with Crippen molar-refractivity contribution in [1.29, 1.82) is 10.5 Å². The molecule has 4 aliphatic rings. The number of hydrogen-bond donors (Lipinski definition) is 7. The molecule has 7 N–H and O–H groups in total. The lowest BCUT2D eigenvalue weighted by molar-refractivity contribution is -0.140. The van der Waals surface area contributed by atoms with Gasteiger partial charge in [-0.1, -0.05) is 0 Å². The number of ether oxygens (including phenoxy) is 2. The molecule has 8 rings (SSSR count). The van der Waals surface area contributed by atoms with Crippen molar-refractivity contribution in [1.82, 2.24) is 75.3 Å². The molecule has 4 aromatic rings. The summed E-state index contributed by atoms with van der Waals surface area (Å²) in [5.41, 5.74) is 1.11. The van der Waals surface area contributed by atoms with Crippen LogP contribution in [-0.2, 0) is 28.8 Å². The Morgan fingerprint density at radius 1 is 0.471 bits per heavy atom. The van der Waals surface area contributed by atoms with Gasteiger partial charge >= 0.3 is 30.0 Å². The van der Waals surface area contributed by atoms with E-state index < -0.39 is 117 Å². The molecular formula is C66H83F4N17O15. The Morgan fingerprint density at radius 3 is 1.18 bits per heavy atom. The normalized spacial score (nSPS) is 18.8. The number of rotatable bonds is 26. The highest BCUT2D eigenvalue weighted by atomic mass is 19.3. The molecule has 0 bridgehead atoms. The quantitative estimate of drug-likeness (QED) is 0.0342. The number of likely N-dealkylation sites (tertiary alicyclic amines) is 2. The first-order chi connectivity index (χ1) is 48.8. The lowest BCUT2D eigenvalue weighted by atomic mass is 10.1. The van der Waals surface area contributed by atoms with Gasteiger partial charge in [-0.2, -0.15) is 10.5 Å². The number of hydrogen-bond acceptors (Lipinski definition) is 20. The van der Waals surface area contributed by atoms with Gasteiger partial charge in [0.2, 0.25) is 17.7 Å². The molecule has 36 heteroatoms. The topological polar surface area (TPSA) is 400 Å². The Balaban J connectivity index is 0.867. The van der Waals surface area contributed by atoms with Crippen molar-refractivity contribution in [3.05, 3.63) is 72.1 Å². The predicted molar refractivity (Wildman–Crippen MR) is 354 cm³/mol. The summed E-state index contributed by atoms with van der Waals surface area (Å²) >= 11 is 0. The Kier molecular flexibility index (Phi) is 28.0. The van der Waals surface area contributed by atoms with Crippen LogP contribution in [0.4, 0.5) is 27.2 Å². The zero-order valence-electron chi connectivity index (χ0n) is 56.1. The molecule has 9 amide bonds. The van der Waals surface area contributed by atoms with Gasteiger partial charge in [0.15, 0.2) is 0 Å². The van der Waals surface area contributed by atoms with Crippen molar-refractivity contribution in [3.63, 3.8) is 0 Å². The van der Waals surface area contributed by atoms with E-state index >= 15 is 0 Å². The Morgan fingerprint density at radius 2 is 0.824 bits per heavy atom. The number of pyridine rings is 2. The number of nitrogens with zero attached hydrogens (tertiary/aromatic N) is 13. The second-order valence-electron chi connectivity index (χ2n) is 25.1. The maximum absolute atomic E-state index is 14.6. The van der Waals surface area contributed by atoms with Gasteiger partial charge in [-0.05, 0) is 74.2 Å². The standard InChI is InChI=1S/C66H83F4N17O15/c67-65(68)33-45(35-71)86(43-65)55(88)37-77-61(97)49-9-13-73-53-7-5-47(31-51(49)53)101-29-3-1-11-75-63(99)84-25-23-83(57(90)39-79-15-17-80(40-58(91)92)19-21-82(42-60(95)96)22-20-81(18-16-79)41-59(93)94)24-26-85(28-27-84)64(100)76-12-2-4-30-102-48-6-8-54-52(32-48)50(10-14-74-54)62(98)78-38-56(89)87-44-66(69,70)34-46(87)36-72/h5-10,13-14,31-32,45-46H,1-4,11-12,15-30,33-34,37-44H2,(H,75,99)(H,76,100)(H,77,97)(H,78,98)(H,91,92)(H,93,94)(H,95,96)/t45-,46-/m0/s1. The molecule has 4 aliphatic heterocycles. The maximum atomic E-state index is 14.6. The number of amides is 9. The number of unbranched alkanes of at least 4 members (excludes halogenated alkanes) is 2. The van der Waals surface area contributed by atoms with Crippen molar-refractivity contribution in [2.45, 2.75) is 62.5 Å². The predicted octanol–water partition coefficient (Wildman–Crippen LogP) is 1.12. The molecule has 2 aromatic heterocycles. The number of fused-ring (bicyclic) bond motifs is 2. The van der Waals surface area contributed by atoms with E-state index in [1.807, 2.05) is 0 Å². The minimum Gasteiger partial charge on any atom is -0.494 e. The number of carboxylic acid groups (broad SMARTS) is 3. The molecule has 32 nitrogen and oxygen atoms in total. The molecule has 0 saturated carbocycles. The average Bonchev–Trinajstić information content (AvgIpc) is 1.37. The summed E-state index contributed by atoms with van der Waals surface area (Å²) in [7, 11) is 0. The Labute approximate surface area is 583 Å². The number of aliphatic carboxylic acids is 3. The molecule has 550 valence electrons. The van der Waals surface area contributed by atoms with E-state index in [9.17, 15) is 91.4 Å². The highest BCUT2D eigenvalue weighted by molar-refractivity contribution is 6.08. The fourth-order valence-corrected chi connectivity index (χ4v) is 12.2. The number of urea groups is 2. The number of halogens is 4. The van der Waals surface area contributed by atoms with Crippen LogP contribution in [0.1, 0.15) is 59.2 Å². The Hall–Kier alpha value is -10.3. The van der Waals surface area contributed by atoms with Crippen LogP contribution in [0.5, 0.6) is 11.5 Å². The highest BCUT2D eigenvalue weighted by Gasteiger charge is 2.48. The van der Waals surface area contributed by atoms with Gasteiger partial charge in [-0.3, -0.25) is 67.9 Å². The summed E-state index contributed by atoms with van der Waals surface area (Å²) in [6.07, 6.45) is 2.96. The monoisotopic (exact) mass is 1430 g/mol. The van der Waals surface area contributed by atoms with Crippen molar-refractivity contribution >= 4 is 81.3 Å². The van der Waals surface area contributed by atoms with Gasteiger partial charge in [0.05, 0.1) is 99.9 Å². The van der Waals surface area contributed by atoms with Crippen LogP contribution in [0.15, 0.2) is 60.9 Å². The van der Waals surface area contributed by atoms with E-state index in [1.165, 1.54) is 39.2 Å². The minimum absolute atomic E-state index is 0.0448. The molecular weight excluding hydrogens is 1350 g/mol. The van der Waals surface area contributed by atoms with Crippen molar-refractivity contribution in [2.24, 2.45) is 0 Å². The van der Waals surface area contributed by atoms with Crippen molar-refractivity contribution < 1.29 is 90.3 Å². The van der Waals surface area contributed by atoms with Gasteiger partial charge in [0.1, 0.15) is 23.6 Å². The summed E-state index contributed by atoms with van der Waals surface area (Å²) < 4.78 is 68.0. The number of nitriles is 2. The molecule has 2 atom stereocenters. The number of carbonyl (C=O) groups excluding carboxylic acids is 7. The van der Waals surface area contributed by atoms with Crippen molar-refractivity contribution in [2.75, 3.05) is 170 Å². The number of aromatic nitrogens is 2. The number of benzene rings is 2. The molecule has 4 saturated heterocycles. The van der Waals surface area contributed by atoms with E-state index in [2.05, 4.69) is 31.2 Å². The summed E-state index contributed by atoms with van der Waals surface area (Å²) in [6, 6.07) is 12.4. The number of carbonyl (C=O) groups is 10. The fraction of sp³-hybridized carbons (Fsp3) is 0.545. The SMILES string of the molecule is N#C[C@@H]1CC(F)(F)CN1C(=O)CNC(=O)c1ccnc2ccc(OCCCCNC(=O)N3CCN(C(=O)CN4CCN(CC(=O)O)CCN(CC(=O)O)CCN(CC(=O)O)CC4)CCN(C(=O)NCCCCOc4ccc5nccc(C(=O)NCC(=O)N6CC(F)(F)C[C@H]6C#N)c5c4)CC3)cc12. The van der Waals surface area contributed by atoms with Crippen molar-refractivity contribution in [3.8, 4) is 23.6 Å². The summed E-state index contributed by atoms with van der Waals surface area (Å²) in [5, 5.41) is 59.3. The fourth-order valence-electron chi connectivity index (χ4n) is 12.2. The lowest BCUT2D eigenvalue weighted by Gasteiger charge is -2.34. The first kappa shape index (κ1) is 77.4. The first-order valence-electron chi connectivity index (χ1n) is 33.4. The molecule has 0 unspecified atom stereocenters. The van der Waals surface area contributed by atoms with E-state index in [4.69, 9.17) is 9.47 Å². The van der Waals surface area contributed by atoms with E-state index in [0.717, 1.165) is 9.80 Å². The van der Waals surface area contributed by atoms with Gasteiger partial charge in [0, 0.05) is 141 Å². The zero-order valence-corrected chi connectivity index (χ0v) is 56.1. The first-order valence-corrected chi connectivity index (χ1v) is 33.4. The zero-order chi connectivity index (χ0) is 73.5. The highest BCUT2D eigenvalue weighted by Crippen LogP contribution is 2.33. The van der Waals surface area contributed by atoms with Crippen LogP contribution in [0.2, 0.25) is 0 Å². The van der Waals surface area contributed by atoms with E-state index in [1.54, 1.807) is 68.1 Å². The van der Waals surface area contributed by atoms with Crippen LogP contribution in [0.3, 0.4) is 0 Å². The summed E-state index contributed by atoms with van der Waals surface area (Å²) in [5.74, 6) is -12.5. The second kappa shape index (κ2) is 36.9. The third-order valence-corrected chi connectivity index (χ3v) is 17.6. The van der Waals surface area contributed by atoms with Crippen LogP contribution < -0.4 is 30.7 Å². The maximum Gasteiger partial charge on any atom is 0.317 e. The van der Waals surface area contributed by atoms with Crippen LogP contribution in [-0.4, -0.2) is 323 Å². The molecule has 4 fully saturated rings. The number of alkyl halides is 4. The smallest absolute Gasteiger partial charge is 0.317 e. The van der Waals surface area contributed by atoms with Gasteiger partial charge in [-0.15, -0.1) is 0 Å². The molecule has 6 heterocycles. The van der Waals surface area contributed by atoms with Gasteiger partial charge in [0.25, 0.3) is 23.7 Å². The molecule has 0 aliphatic carbocycles. The third kappa shape index (κ3) is 23.1. The minimum atomic E-state index is -3.23. The molecule has 0 spiro atoms. The molecule has 2 aromatic carbocycles.